The molecule has 4 heteroatoms. The van der Waals surface area contributed by atoms with Crippen LogP contribution in [0.5, 0.6) is 5.75 Å². The van der Waals surface area contributed by atoms with E-state index in [1.807, 2.05) is 26.0 Å². The van der Waals surface area contributed by atoms with Crippen molar-refractivity contribution in [3.8, 4) is 5.75 Å². The molecule has 0 spiro atoms. The lowest BCUT2D eigenvalue weighted by Crippen LogP contribution is -2.10. The van der Waals surface area contributed by atoms with Crippen LogP contribution in [-0.4, -0.2) is 25.5 Å². The molecule has 0 aliphatic carbocycles. The van der Waals surface area contributed by atoms with E-state index >= 15 is 0 Å². The molecule has 0 saturated heterocycles. The van der Waals surface area contributed by atoms with Gasteiger partial charge in [0.25, 0.3) is 0 Å². The Balaban J connectivity index is 2.68. The summed E-state index contributed by atoms with van der Waals surface area (Å²) in [5.41, 5.74) is 3.03. The number of ether oxygens (including phenoxy) is 2. The molecule has 0 fully saturated rings. The van der Waals surface area contributed by atoms with E-state index in [-0.39, 0.29) is 31.0 Å². The maximum atomic E-state index is 12.0. The lowest BCUT2D eigenvalue weighted by atomic mass is 9.98. The minimum Gasteiger partial charge on any atom is -0.496 e. The summed E-state index contributed by atoms with van der Waals surface area (Å²) in [7, 11) is 1.60. The highest BCUT2D eigenvalue weighted by molar-refractivity contribution is 5.85. The van der Waals surface area contributed by atoms with Crippen molar-refractivity contribution in [1.82, 2.24) is 0 Å². The van der Waals surface area contributed by atoms with Crippen molar-refractivity contribution < 1.29 is 19.1 Å². The number of hydrogen-bond donors (Lipinski definition) is 0. The summed E-state index contributed by atoms with van der Waals surface area (Å²) in [5.74, 6) is 0.420. The van der Waals surface area contributed by atoms with Gasteiger partial charge in [-0.1, -0.05) is 6.07 Å². The number of methoxy groups -OCH3 is 1. The number of carbonyl (C=O) groups is 2. The normalized spacial score (nSPS) is 10.2. The predicted molar refractivity (Wildman–Crippen MR) is 77.0 cm³/mol. The minimum absolute atomic E-state index is 0.0170. The summed E-state index contributed by atoms with van der Waals surface area (Å²) in [6.07, 6.45) is 0.629. The average molecular weight is 278 g/mol. The first-order chi connectivity index (χ1) is 9.47. The van der Waals surface area contributed by atoms with Crippen molar-refractivity contribution in [2.75, 3.05) is 13.7 Å². The summed E-state index contributed by atoms with van der Waals surface area (Å²) in [6, 6.07) is 3.94. The molecule has 0 saturated carbocycles. The molecule has 0 N–H and O–H groups in total. The zero-order chi connectivity index (χ0) is 15.1. The molecule has 0 heterocycles. The smallest absolute Gasteiger partial charge is 0.306 e. The molecule has 0 amide bonds. The Morgan fingerprint density at radius 2 is 1.85 bits per heavy atom. The quantitative estimate of drug-likeness (QED) is 0.720. The highest BCUT2D eigenvalue weighted by Gasteiger charge is 2.14. The number of esters is 1. The van der Waals surface area contributed by atoms with Gasteiger partial charge < -0.3 is 9.47 Å². The molecule has 1 aromatic carbocycles. The van der Waals surface area contributed by atoms with Crippen LogP contribution >= 0.6 is 0 Å². The van der Waals surface area contributed by atoms with Crippen LogP contribution in [0.15, 0.2) is 12.1 Å². The van der Waals surface area contributed by atoms with E-state index in [1.165, 1.54) is 0 Å². The van der Waals surface area contributed by atoms with Gasteiger partial charge in [-0.15, -0.1) is 0 Å². The Kier molecular flexibility index (Phi) is 6.22. The van der Waals surface area contributed by atoms with Crippen LogP contribution in [0.1, 0.15) is 36.5 Å². The van der Waals surface area contributed by atoms with Crippen LogP contribution in [0.4, 0.5) is 0 Å². The number of carbonyl (C=O) groups excluding carboxylic acids is 2. The minimum atomic E-state index is -0.326. The Bertz CT molecular complexity index is 491. The Morgan fingerprint density at radius 1 is 1.15 bits per heavy atom. The number of aryl methyl sites for hydroxylation is 2. The van der Waals surface area contributed by atoms with Gasteiger partial charge in [-0.3, -0.25) is 9.59 Å². The van der Waals surface area contributed by atoms with E-state index in [0.29, 0.717) is 6.61 Å². The average Bonchev–Trinajstić information content (AvgIpc) is 2.39. The maximum Gasteiger partial charge on any atom is 0.306 e. The zero-order valence-electron chi connectivity index (χ0n) is 12.6. The highest BCUT2D eigenvalue weighted by atomic mass is 16.5. The second kappa shape index (κ2) is 7.68. The first kappa shape index (κ1) is 16.2. The zero-order valence-corrected chi connectivity index (χ0v) is 12.6. The molecule has 1 rings (SSSR count). The first-order valence-electron chi connectivity index (χ1n) is 6.79. The molecule has 0 aliphatic rings. The van der Waals surface area contributed by atoms with Crippen LogP contribution in [0.3, 0.4) is 0 Å². The summed E-state index contributed by atoms with van der Waals surface area (Å²) in [6.45, 7) is 6.05. The van der Waals surface area contributed by atoms with Gasteiger partial charge >= 0.3 is 5.97 Å². The number of benzene rings is 1. The molecular formula is C16H22O4. The largest absolute Gasteiger partial charge is 0.496 e. The summed E-state index contributed by atoms with van der Waals surface area (Å²) in [4.78, 5) is 23.2. The molecule has 0 atom stereocenters. The molecular weight excluding hydrogens is 256 g/mol. The first-order valence-corrected chi connectivity index (χ1v) is 6.79. The lowest BCUT2D eigenvalue weighted by molar-refractivity contribution is -0.144. The van der Waals surface area contributed by atoms with Gasteiger partial charge in [-0.25, -0.2) is 0 Å². The molecule has 110 valence electrons. The monoisotopic (exact) mass is 278 g/mol. The van der Waals surface area contributed by atoms with Crippen molar-refractivity contribution >= 4 is 11.8 Å². The highest BCUT2D eigenvalue weighted by Crippen LogP contribution is 2.25. The molecule has 0 aliphatic heterocycles. The second-order valence-corrected chi connectivity index (χ2v) is 4.78. The Morgan fingerprint density at radius 3 is 2.45 bits per heavy atom. The van der Waals surface area contributed by atoms with E-state index in [0.717, 1.165) is 22.4 Å². The van der Waals surface area contributed by atoms with Gasteiger partial charge in [-0.05, 0) is 38.0 Å². The fourth-order valence-corrected chi connectivity index (χ4v) is 2.13. The van der Waals surface area contributed by atoms with E-state index in [2.05, 4.69) is 0 Å². The summed E-state index contributed by atoms with van der Waals surface area (Å²) in [5, 5.41) is 0. The van der Waals surface area contributed by atoms with Crippen molar-refractivity contribution in [3.63, 3.8) is 0 Å². The lowest BCUT2D eigenvalue weighted by Gasteiger charge is -2.12. The molecule has 0 bridgehead atoms. The molecule has 0 unspecified atom stereocenters. The van der Waals surface area contributed by atoms with Gasteiger partial charge in [0.05, 0.1) is 20.1 Å². The second-order valence-electron chi connectivity index (χ2n) is 4.78. The summed E-state index contributed by atoms with van der Waals surface area (Å²) >= 11 is 0. The van der Waals surface area contributed by atoms with E-state index in [9.17, 15) is 9.59 Å². The van der Waals surface area contributed by atoms with Gasteiger partial charge in [-0.2, -0.15) is 0 Å². The third-order valence-electron chi connectivity index (χ3n) is 3.08. The van der Waals surface area contributed by atoms with Crippen molar-refractivity contribution in [3.05, 3.63) is 28.8 Å². The van der Waals surface area contributed by atoms with Crippen molar-refractivity contribution in [2.45, 2.75) is 40.0 Å². The van der Waals surface area contributed by atoms with Crippen LogP contribution < -0.4 is 4.74 Å². The van der Waals surface area contributed by atoms with Crippen molar-refractivity contribution in [2.24, 2.45) is 0 Å². The molecule has 0 radical (unpaired) electrons. The number of ketones is 1. The van der Waals surface area contributed by atoms with Gasteiger partial charge in [0.2, 0.25) is 0 Å². The fourth-order valence-electron chi connectivity index (χ4n) is 2.13. The third-order valence-corrected chi connectivity index (χ3v) is 3.08. The van der Waals surface area contributed by atoms with Crippen molar-refractivity contribution in [1.29, 1.82) is 0 Å². The van der Waals surface area contributed by atoms with Crippen LogP contribution in [0.2, 0.25) is 0 Å². The van der Waals surface area contributed by atoms with Gasteiger partial charge in [0, 0.05) is 18.4 Å². The number of rotatable bonds is 7. The predicted octanol–water partition coefficient (Wildman–Crippen LogP) is 2.77. The van der Waals surface area contributed by atoms with E-state index in [1.54, 1.807) is 14.0 Å². The van der Waals surface area contributed by atoms with E-state index < -0.39 is 0 Å². The summed E-state index contributed by atoms with van der Waals surface area (Å²) < 4.78 is 10.1. The van der Waals surface area contributed by atoms with Gasteiger partial charge in [0.15, 0.2) is 0 Å². The molecule has 20 heavy (non-hydrogen) atoms. The van der Waals surface area contributed by atoms with Gasteiger partial charge in [0.1, 0.15) is 11.5 Å². The topological polar surface area (TPSA) is 52.6 Å². The molecule has 4 nitrogen and oxygen atoms in total. The maximum absolute atomic E-state index is 12.0. The number of Topliss-reactive ketones (excluding diaryl/α,β-unsaturated/α-hetero) is 1. The van der Waals surface area contributed by atoms with E-state index in [4.69, 9.17) is 9.47 Å². The number of hydrogen-bond acceptors (Lipinski definition) is 4. The van der Waals surface area contributed by atoms with Crippen LogP contribution in [0.25, 0.3) is 0 Å². The molecule has 1 aromatic rings. The fraction of sp³-hybridized carbons (Fsp3) is 0.500. The third kappa shape index (κ3) is 4.68. The Labute approximate surface area is 120 Å². The van der Waals surface area contributed by atoms with Crippen LogP contribution in [0, 0.1) is 13.8 Å². The Hall–Kier alpha value is -1.84. The van der Waals surface area contributed by atoms with Crippen LogP contribution in [-0.2, 0) is 20.7 Å². The SMILES string of the molecule is CCOC(=O)CCC(=O)Cc1c(C)cc(C)cc1OC. The molecule has 0 aromatic heterocycles. The standard InChI is InChI=1S/C16H22O4/c1-5-20-16(18)7-6-13(17)10-14-12(3)8-11(2)9-15(14)19-4/h8-9H,5-7,10H2,1-4H3.